The SMILES string of the molecule is CCc1cc(C(=O)OC)ccc1OC(F)(F)F. The molecule has 0 N–H and O–H groups in total. The standard InChI is InChI=1S/C11H11F3O3/c1-3-7-6-8(10(15)16-2)4-5-9(7)17-11(12,13)14/h4-6H,3H2,1-2H3. The van der Waals surface area contributed by atoms with Gasteiger partial charge in [-0.15, -0.1) is 13.2 Å². The molecule has 6 heteroatoms. The molecule has 94 valence electrons. The fourth-order valence-corrected chi connectivity index (χ4v) is 1.32. The van der Waals surface area contributed by atoms with Crippen LogP contribution in [0.3, 0.4) is 0 Å². The summed E-state index contributed by atoms with van der Waals surface area (Å²) in [5.74, 6) is -0.897. The first kappa shape index (κ1) is 13.3. The third kappa shape index (κ3) is 3.65. The maximum Gasteiger partial charge on any atom is 0.573 e. The van der Waals surface area contributed by atoms with Gasteiger partial charge in [-0.05, 0) is 30.2 Å². The van der Waals surface area contributed by atoms with E-state index in [9.17, 15) is 18.0 Å². The smallest absolute Gasteiger partial charge is 0.465 e. The van der Waals surface area contributed by atoms with Gasteiger partial charge in [0.1, 0.15) is 5.75 Å². The Morgan fingerprint density at radius 2 is 2.00 bits per heavy atom. The molecule has 0 saturated heterocycles. The van der Waals surface area contributed by atoms with Crippen molar-refractivity contribution in [2.75, 3.05) is 7.11 Å². The Bertz CT molecular complexity index is 413. The zero-order chi connectivity index (χ0) is 13.1. The van der Waals surface area contributed by atoms with E-state index in [4.69, 9.17) is 0 Å². The Balaban J connectivity index is 3.05. The lowest BCUT2D eigenvalue weighted by atomic mass is 10.1. The molecule has 0 aliphatic carbocycles. The van der Waals surface area contributed by atoms with Crippen molar-refractivity contribution in [3.8, 4) is 5.75 Å². The van der Waals surface area contributed by atoms with E-state index >= 15 is 0 Å². The summed E-state index contributed by atoms with van der Waals surface area (Å²) >= 11 is 0. The van der Waals surface area contributed by atoms with Crippen LogP contribution in [0.15, 0.2) is 18.2 Å². The van der Waals surface area contributed by atoms with Crippen LogP contribution in [-0.4, -0.2) is 19.4 Å². The van der Waals surface area contributed by atoms with E-state index in [-0.39, 0.29) is 11.3 Å². The van der Waals surface area contributed by atoms with E-state index in [0.717, 1.165) is 6.07 Å². The molecule has 0 fully saturated rings. The number of ether oxygens (including phenoxy) is 2. The highest BCUT2D eigenvalue weighted by molar-refractivity contribution is 5.89. The summed E-state index contributed by atoms with van der Waals surface area (Å²) < 4.78 is 44.5. The largest absolute Gasteiger partial charge is 0.573 e. The van der Waals surface area contributed by atoms with Crippen LogP contribution in [0.1, 0.15) is 22.8 Å². The molecule has 17 heavy (non-hydrogen) atoms. The number of hydrogen-bond acceptors (Lipinski definition) is 3. The van der Waals surface area contributed by atoms with Crippen molar-refractivity contribution >= 4 is 5.97 Å². The molecule has 0 radical (unpaired) electrons. The fourth-order valence-electron chi connectivity index (χ4n) is 1.32. The Morgan fingerprint density at radius 1 is 1.35 bits per heavy atom. The number of esters is 1. The zero-order valence-electron chi connectivity index (χ0n) is 9.30. The van der Waals surface area contributed by atoms with Gasteiger partial charge in [-0.2, -0.15) is 0 Å². The van der Waals surface area contributed by atoms with Crippen LogP contribution < -0.4 is 4.74 Å². The van der Waals surface area contributed by atoms with Crippen LogP contribution >= 0.6 is 0 Å². The minimum atomic E-state index is -4.74. The van der Waals surface area contributed by atoms with E-state index in [1.807, 2.05) is 0 Å². The molecule has 1 aromatic carbocycles. The normalized spacial score (nSPS) is 11.1. The quantitative estimate of drug-likeness (QED) is 0.771. The highest BCUT2D eigenvalue weighted by atomic mass is 19.4. The minimum absolute atomic E-state index is 0.193. The predicted octanol–water partition coefficient (Wildman–Crippen LogP) is 2.93. The number of rotatable bonds is 3. The first-order valence-corrected chi connectivity index (χ1v) is 4.84. The molecule has 0 atom stereocenters. The third-order valence-electron chi connectivity index (χ3n) is 2.09. The molecule has 0 saturated carbocycles. The summed E-state index contributed by atoms with van der Waals surface area (Å²) in [6.07, 6.45) is -4.42. The Labute approximate surface area is 96.1 Å². The van der Waals surface area contributed by atoms with Crippen LogP contribution in [0.2, 0.25) is 0 Å². The van der Waals surface area contributed by atoms with Gasteiger partial charge < -0.3 is 9.47 Å². The predicted molar refractivity (Wildman–Crippen MR) is 53.8 cm³/mol. The number of aryl methyl sites for hydroxylation is 1. The second-order valence-corrected chi connectivity index (χ2v) is 3.22. The van der Waals surface area contributed by atoms with Gasteiger partial charge in [-0.3, -0.25) is 0 Å². The Hall–Kier alpha value is -1.72. The van der Waals surface area contributed by atoms with Crippen LogP contribution in [0.4, 0.5) is 13.2 Å². The van der Waals surface area contributed by atoms with Crippen LogP contribution in [0, 0.1) is 0 Å². The van der Waals surface area contributed by atoms with Gasteiger partial charge in [0.2, 0.25) is 0 Å². The van der Waals surface area contributed by atoms with E-state index in [1.165, 1.54) is 19.2 Å². The summed E-state index contributed by atoms with van der Waals surface area (Å²) in [5, 5.41) is 0. The number of benzene rings is 1. The van der Waals surface area contributed by atoms with Crippen LogP contribution in [0.25, 0.3) is 0 Å². The number of carbonyl (C=O) groups is 1. The molecule has 0 spiro atoms. The number of alkyl halides is 3. The van der Waals surface area contributed by atoms with Crippen molar-refractivity contribution in [3.63, 3.8) is 0 Å². The molecule has 0 aliphatic heterocycles. The lowest BCUT2D eigenvalue weighted by molar-refractivity contribution is -0.274. The summed E-state index contributed by atoms with van der Waals surface area (Å²) in [5.41, 5.74) is 0.490. The highest BCUT2D eigenvalue weighted by Crippen LogP contribution is 2.27. The van der Waals surface area contributed by atoms with Crippen molar-refractivity contribution in [1.29, 1.82) is 0 Å². The highest BCUT2D eigenvalue weighted by Gasteiger charge is 2.32. The summed E-state index contributed by atoms with van der Waals surface area (Å²) in [7, 11) is 1.20. The molecular formula is C11H11F3O3. The van der Waals surface area contributed by atoms with Gasteiger partial charge in [0.25, 0.3) is 0 Å². The number of carbonyl (C=O) groups excluding carboxylic acids is 1. The van der Waals surface area contributed by atoms with Crippen molar-refractivity contribution in [3.05, 3.63) is 29.3 Å². The molecule has 0 unspecified atom stereocenters. The maximum atomic E-state index is 12.1. The summed E-state index contributed by atoms with van der Waals surface area (Å²) in [6, 6.07) is 3.66. The van der Waals surface area contributed by atoms with Gasteiger partial charge in [0.05, 0.1) is 12.7 Å². The van der Waals surface area contributed by atoms with Gasteiger partial charge in [0.15, 0.2) is 0 Å². The zero-order valence-corrected chi connectivity index (χ0v) is 9.30. The van der Waals surface area contributed by atoms with E-state index in [0.29, 0.717) is 12.0 Å². The molecule has 1 rings (SSSR count). The molecule has 0 bridgehead atoms. The van der Waals surface area contributed by atoms with Gasteiger partial charge >= 0.3 is 12.3 Å². The average molecular weight is 248 g/mol. The minimum Gasteiger partial charge on any atom is -0.465 e. The van der Waals surface area contributed by atoms with Gasteiger partial charge in [-0.1, -0.05) is 6.92 Å². The average Bonchev–Trinajstić information content (AvgIpc) is 2.26. The van der Waals surface area contributed by atoms with E-state index in [1.54, 1.807) is 6.92 Å². The summed E-state index contributed by atoms with van der Waals surface area (Å²) in [6.45, 7) is 1.67. The molecule has 0 aromatic heterocycles. The first-order chi connectivity index (χ1) is 7.87. The molecule has 0 amide bonds. The van der Waals surface area contributed by atoms with Gasteiger partial charge in [-0.25, -0.2) is 4.79 Å². The van der Waals surface area contributed by atoms with Crippen molar-refractivity contribution in [1.82, 2.24) is 0 Å². The third-order valence-corrected chi connectivity index (χ3v) is 2.09. The maximum absolute atomic E-state index is 12.1. The molecule has 0 heterocycles. The summed E-state index contributed by atoms with van der Waals surface area (Å²) in [4.78, 5) is 11.2. The lowest BCUT2D eigenvalue weighted by Crippen LogP contribution is -2.18. The second-order valence-electron chi connectivity index (χ2n) is 3.22. The van der Waals surface area contributed by atoms with E-state index < -0.39 is 12.3 Å². The lowest BCUT2D eigenvalue weighted by Gasteiger charge is -2.13. The number of methoxy groups -OCH3 is 1. The Kier molecular flexibility index (Phi) is 3.98. The molecule has 0 aliphatic rings. The Morgan fingerprint density at radius 3 is 2.47 bits per heavy atom. The fraction of sp³-hybridized carbons (Fsp3) is 0.364. The van der Waals surface area contributed by atoms with Crippen LogP contribution in [0.5, 0.6) is 5.75 Å². The number of halogens is 3. The second kappa shape index (κ2) is 5.07. The van der Waals surface area contributed by atoms with Crippen LogP contribution in [-0.2, 0) is 11.2 Å². The van der Waals surface area contributed by atoms with Gasteiger partial charge in [0, 0.05) is 0 Å². The van der Waals surface area contributed by atoms with E-state index in [2.05, 4.69) is 9.47 Å². The monoisotopic (exact) mass is 248 g/mol. The number of hydrogen-bond donors (Lipinski definition) is 0. The molecular weight excluding hydrogens is 237 g/mol. The molecule has 1 aromatic rings. The molecule has 3 nitrogen and oxygen atoms in total. The topological polar surface area (TPSA) is 35.5 Å². The van der Waals surface area contributed by atoms with Crippen molar-refractivity contribution in [2.24, 2.45) is 0 Å². The first-order valence-electron chi connectivity index (χ1n) is 4.84. The van der Waals surface area contributed by atoms with Crippen molar-refractivity contribution in [2.45, 2.75) is 19.7 Å². The van der Waals surface area contributed by atoms with Crippen molar-refractivity contribution < 1.29 is 27.4 Å².